The van der Waals surface area contributed by atoms with Gasteiger partial charge in [0.05, 0.1) is 7.11 Å². The van der Waals surface area contributed by atoms with Crippen LogP contribution in [0.3, 0.4) is 0 Å². The van der Waals surface area contributed by atoms with E-state index in [1.807, 2.05) is 24.3 Å². The summed E-state index contributed by atoms with van der Waals surface area (Å²) >= 11 is 0. The standard InChI is InChI=1S/C17H19NO3/c1-12-15(4-3-5-16(12)19)17(20)18-11-10-13-6-8-14(21-2)9-7-13/h3-9,19H,10-11H2,1-2H3,(H,18,20). The minimum Gasteiger partial charge on any atom is -0.508 e. The van der Waals surface area contributed by atoms with E-state index in [-0.39, 0.29) is 11.7 Å². The molecule has 0 aliphatic heterocycles. The maximum absolute atomic E-state index is 12.1. The summed E-state index contributed by atoms with van der Waals surface area (Å²) in [7, 11) is 1.63. The Morgan fingerprint density at radius 3 is 2.57 bits per heavy atom. The lowest BCUT2D eigenvalue weighted by molar-refractivity contribution is 0.0953. The predicted molar refractivity (Wildman–Crippen MR) is 81.9 cm³/mol. The van der Waals surface area contributed by atoms with Crippen LogP contribution in [0.1, 0.15) is 21.5 Å². The van der Waals surface area contributed by atoms with Crippen molar-refractivity contribution in [2.75, 3.05) is 13.7 Å². The van der Waals surface area contributed by atoms with Gasteiger partial charge in [0.1, 0.15) is 11.5 Å². The van der Waals surface area contributed by atoms with E-state index in [0.29, 0.717) is 17.7 Å². The largest absolute Gasteiger partial charge is 0.508 e. The monoisotopic (exact) mass is 285 g/mol. The molecule has 0 saturated carbocycles. The van der Waals surface area contributed by atoms with Crippen LogP contribution in [0.25, 0.3) is 0 Å². The second-order valence-corrected chi connectivity index (χ2v) is 4.80. The number of hydrogen-bond donors (Lipinski definition) is 2. The van der Waals surface area contributed by atoms with Gasteiger partial charge in [-0.1, -0.05) is 18.2 Å². The molecule has 0 spiro atoms. The fourth-order valence-corrected chi connectivity index (χ4v) is 2.08. The molecule has 0 aromatic heterocycles. The van der Waals surface area contributed by atoms with Gasteiger partial charge < -0.3 is 15.2 Å². The minimum absolute atomic E-state index is 0.137. The number of phenols is 1. The number of ether oxygens (including phenoxy) is 1. The Labute approximate surface area is 124 Å². The van der Waals surface area contributed by atoms with E-state index in [1.165, 1.54) is 0 Å². The van der Waals surface area contributed by atoms with Gasteiger partial charge in [0.25, 0.3) is 5.91 Å². The van der Waals surface area contributed by atoms with Gasteiger partial charge in [-0.05, 0) is 43.2 Å². The molecule has 0 atom stereocenters. The molecule has 2 aromatic rings. The number of amides is 1. The van der Waals surface area contributed by atoms with Gasteiger partial charge >= 0.3 is 0 Å². The van der Waals surface area contributed by atoms with Crippen LogP contribution in [-0.4, -0.2) is 24.7 Å². The summed E-state index contributed by atoms with van der Waals surface area (Å²) < 4.78 is 5.10. The smallest absolute Gasteiger partial charge is 0.251 e. The Kier molecular flexibility index (Phi) is 4.82. The average molecular weight is 285 g/mol. The topological polar surface area (TPSA) is 58.6 Å². The summed E-state index contributed by atoms with van der Waals surface area (Å²) in [5, 5.41) is 12.5. The van der Waals surface area contributed by atoms with Crippen LogP contribution in [0.15, 0.2) is 42.5 Å². The minimum atomic E-state index is -0.170. The van der Waals surface area contributed by atoms with E-state index in [4.69, 9.17) is 4.74 Å². The molecule has 0 heterocycles. The van der Waals surface area contributed by atoms with Crippen molar-refractivity contribution in [1.82, 2.24) is 5.32 Å². The van der Waals surface area contributed by atoms with Gasteiger partial charge in [-0.3, -0.25) is 4.79 Å². The molecule has 1 amide bonds. The molecule has 4 heteroatoms. The van der Waals surface area contributed by atoms with Crippen LogP contribution < -0.4 is 10.1 Å². The number of phenolic OH excluding ortho intramolecular Hbond substituents is 1. The van der Waals surface area contributed by atoms with Gasteiger partial charge in [0, 0.05) is 17.7 Å². The first-order valence-corrected chi connectivity index (χ1v) is 6.81. The zero-order valence-corrected chi connectivity index (χ0v) is 12.2. The summed E-state index contributed by atoms with van der Waals surface area (Å²) in [6.45, 7) is 2.27. The van der Waals surface area contributed by atoms with Crippen molar-refractivity contribution >= 4 is 5.91 Å². The lowest BCUT2D eigenvalue weighted by atomic mass is 10.1. The number of benzene rings is 2. The summed E-state index contributed by atoms with van der Waals surface area (Å²) in [6, 6.07) is 12.7. The van der Waals surface area contributed by atoms with Crippen molar-refractivity contribution in [1.29, 1.82) is 0 Å². The highest BCUT2D eigenvalue weighted by atomic mass is 16.5. The summed E-state index contributed by atoms with van der Waals surface area (Å²) in [5.74, 6) is 0.785. The first kappa shape index (κ1) is 14.9. The molecule has 4 nitrogen and oxygen atoms in total. The highest BCUT2D eigenvalue weighted by molar-refractivity contribution is 5.96. The predicted octanol–water partition coefficient (Wildman–Crippen LogP) is 2.68. The van der Waals surface area contributed by atoms with Crippen LogP contribution in [-0.2, 0) is 6.42 Å². The molecule has 0 aliphatic rings. The van der Waals surface area contributed by atoms with Crippen LogP contribution >= 0.6 is 0 Å². The van der Waals surface area contributed by atoms with Gasteiger partial charge in [0.15, 0.2) is 0 Å². The summed E-state index contributed by atoms with van der Waals surface area (Å²) in [4.78, 5) is 12.1. The molecule has 2 aromatic carbocycles. The van der Waals surface area contributed by atoms with Crippen LogP contribution in [0, 0.1) is 6.92 Å². The third-order valence-corrected chi connectivity index (χ3v) is 3.41. The van der Waals surface area contributed by atoms with Gasteiger partial charge in [-0.25, -0.2) is 0 Å². The Bertz CT molecular complexity index is 620. The second-order valence-electron chi connectivity index (χ2n) is 4.80. The van der Waals surface area contributed by atoms with E-state index in [9.17, 15) is 9.90 Å². The highest BCUT2D eigenvalue weighted by Crippen LogP contribution is 2.19. The maximum Gasteiger partial charge on any atom is 0.251 e. The zero-order valence-electron chi connectivity index (χ0n) is 12.2. The lowest BCUT2D eigenvalue weighted by Crippen LogP contribution is -2.26. The Hall–Kier alpha value is -2.49. The number of hydrogen-bond acceptors (Lipinski definition) is 3. The van der Waals surface area contributed by atoms with Crippen molar-refractivity contribution in [3.05, 3.63) is 59.2 Å². The van der Waals surface area contributed by atoms with Crippen LogP contribution in [0.5, 0.6) is 11.5 Å². The number of carbonyl (C=O) groups is 1. The maximum atomic E-state index is 12.1. The second kappa shape index (κ2) is 6.79. The average Bonchev–Trinajstić information content (AvgIpc) is 2.50. The Morgan fingerprint density at radius 1 is 1.19 bits per heavy atom. The molecule has 0 unspecified atom stereocenters. The molecule has 0 bridgehead atoms. The van der Waals surface area contributed by atoms with Gasteiger partial charge in [-0.2, -0.15) is 0 Å². The molecule has 0 fully saturated rings. The number of carbonyl (C=O) groups excluding carboxylic acids is 1. The van der Waals surface area contributed by atoms with E-state index in [1.54, 1.807) is 32.2 Å². The molecular weight excluding hydrogens is 266 g/mol. The SMILES string of the molecule is COc1ccc(CCNC(=O)c2cccc(O)c2C)cc1. The molecule has 0 saturated heterocycles. The van der Waals surface area contributed by atoms with E-state index in [2.05, 4.69) is 5.32 Å². The molecule has 21 heavy (non-hydrogen) atoms. The van der Waals surface area contributed by atoms with E-state index < -0.39 is 0 Å². The fourth-order valence-electron chi connectivity index (χ4n) is 2.08. The third kappa shape index (κ3) is 3.75. The Morgan fingerprint density at radius 2 is 1.90 bits per heavy atom. The van der Waals surface area contributed by atoms with Gasteiger partial charge in [0.2, 0.25) is 0 Å². The molecule has 0 aliphatic carbocycles. The normalized spacial score (nSPS) is 10.2. The quantitative estimate of drug-likeness (QED) is 0.888. The molecule has 110 valence electrons. The summed E-state index contributed by atoms with van der Waals surface area (Å²) in [6.07, 6.45) is 0.744. The third-order valence-electron chi connectivity index (χ3n) is 3.41. The highest BCUT2D eigenvalue weighted by Gasteiger charge is 2.10. The first-order valence-electron chi connectivity index (χ1n) is 6.81. The first-order chi connectivity index (χ1) is 10.1. The van der Waals surface area contributed by atoms with E-state index in [0.717, 1.165) is 17.7 Å². The number of methoxy groups -OCH3 is 1. The molecular formula is C17H19NO3. The van der Waals surface area contributed by atoms with Crippen LogP contribution in [0.2, 0.25) is 0 Å². The summed E-state index contributed by atoms with van der Waals surface area (Å²) in [5.41, 5.74) is 2.23. The molecule has 2 rings (SSSR count). The number of aromatic hydroxyl groups is 1. The van der Waals surface area contributed by atoms with Gasteiger partial charge in [-0.15, -0.1) is 0 Å². The fraction of sp³-hybridized carbons (Fsp3) is 0.235. The Balaban J connectivity index is 1.90. The number of nitrogens with one attached hydrogen (secondary N) is 1. The lowest BCUT2D eigenvalue weighted by Gasteiger charge is -2.09. The molecule has 0 radical (unpaired) electrons. The van der Waals surface area contributed by atoms with Crippen molar-refractivity contribution in [3.63, 3.8) is 0 Å². The number of rotatable bonds is 5. The zero-order chi connectivity index (χ0) is 15.2. The van der Waals surface area contributed by atoms with E-state index >= 15 is 0 Å². The molecule has 2 N–H and O–H groups in total. The van der Waals surface area contributed by atoms with Crippen molar-refractivity contribution in [3.8, 4) is 11.5 Å². The van der Waals surface area contributed by atoms with Crippen molar-refractivity contribution < 1.29 is 14.6 Å². The van der Waals surface area contributed by atoms with Crippen molar-refractivity contribution in [2.45, 2.75) is 13.3 Å². The van der Waals surface area contributed by atoms with Crippen molar-refractivity contribution in [2.24, 2.45) is 0 Å². The van der Waals surface area contributed by atoms with Crippen LogP contribution in [0.4, 0.5) is 0 Å².